The summed E-state index contributed by atoms with van der Waals surface area (Å²) in [6.07, 6.45) is 0.725. The van der Waals surface area contributed by atoms with Gasteiger partial charge in [-0.25, -0.2) is 8.42 Å². The maximum Gasteiger partial charge on any atom is 0.152 e. The third kappa shape index (κ3) is 2.34. The molecule has 1 aromatic rings. The molecule has 0 amide bonds. The molecule has 1 aliphatic rings. The molecule has 1 saturated heterocycles. The van der Waals surface area contributed by atoms with Crippen LogP contribution in [0.15, 0.2) is 16.8 Å². The van der Waals surface area contributed by atoms with E-state index in [1.807, 2.05) is 16.8 Å². The van der Waals surface area contributed by atoms with Crippen LogP contribution in [0.4, 0.5) is 0 Å². The number of rotatable bonds is 1. The van der Waals surface area contributed by atoms with E-state index in [0.717, 1.165) is 18.5 Å². The van der Waals surface area contributed by atoms with Crippen molar-refractivity contribution < 1.29 is 8.42 Å². The molecule has 0 radical (unpaired) electrons. The van der Waals surface area contributed by atoms with E-state index in [-0.39, 0.29) is 11.8 Å². The minimum absolute atomic E-state index is 0.00579. The number of thiophene rings is 1. The molecule has 0 bridgehead atoms. The Bertz CT molecular complexity index is 383. The van der Waals surface area contributed by atoms with Gasteiger partial charge in [-0.2, -0.15) is 11.3 Å². The predicted octanol–water partition coefficient (Wildman–Crippen LogP) is 1.20. The van der Waals surface area contributed by atoms with Crippen molar-refractivity contribution in [3.05, 3.63) is 22.4 Å². The lowest BCUT2D eigenvalue weighted by Gasteiger charge is -2.13. The molecular weight excluding hydrogens is 218 g/mol. The van der Waals surface area contributed by atoms with Crippen molar-refractivity contribution in [1.82, 2.24) is 5.32 Å². The van der Waals surface area contributed by atoms with Crippen LogP contribution in [0.3, 0.4) is 0 Å². The first-order valence-corrected chi connectivity index (χ1v) is 7.40. The summed E-state index contributed by atoms with van der Waals surface area (Å²) < 4.78 is 23.1. The quantitative estimate of drug-likeness (QED) is 0.790. The number of hydrogen-bond donors (Lipinski definition) is 1. The van der Waals surface area contributed by atoms with Gasteiger partial charge in [0.1, 0.15) is 0 Å². The molecule has 14 heavy (non-hydrogen) atoms. The Morgan fingerprint density at radius 3 is 3.07 bits per heavy atom. The molecule has 1 fully saturated rings. The lowest BCUT2D eigenvalue weighted by molar-refractivity contribution is 0.573. The Kier molecular flexibility index (Phi) is 2.90. The fraction of sp³-hybridized carbons (Fsp3) is 0.556. The highest BCUT2D eigenvalue weighted by Crippen LogP contribution is 2.20. The second kappa shape index (κ2) is 4.00. The molecule has 1 unspecified atom stereocenters. The van der Waals surface area contributed by atoms with Crippen LogP contribution in [0.25, 0.3) is 0 Å². The van der Waals surface area contributed by atoms with E-state index < -0.39 is 9.84 Å². The van der Waals surface area contributed by atoms with Crippen LogP contribution in [0.1, 0.15) is 18.0 Å². The van der Waals surface area contributed by atoms with Gasteiger partial charge >= 0.3 is 0 Å². The molecule has 2 rings (SSSR count). The van der Waals surface area contributed by atoms with Gasteiger partial charge in [-0.15, -0.1) is 0 Å². The van der Waals surface area contributed by atoms with Gasteiger partial charge in [0.15, 0.2) is 9.84 Å². The zero-order chi connectivity index (χ0) is 10.0. The second-order valence-corrected chi connectivity index (χ2v) is 6.54. The first kappa shape index (κ1) is 10.1. The minimum Gasteiger partial charge on any atom is -0.309 e. The summed E-state index contributed by atoms with van der Waals surface area (Å²) in [5, 5.41) is 7.26. The minimum atomic E-state index is -2.85. The van der Waals surface area contributed by atoms with E-state index in [1.54, 1.807) is 11.3 Å². The van der Waals surface area contributed by atoms with E-state index in [0.29, 0.717) is 5.75 Å². The van der Waals surface area contributed by atoms with Gasteiger partial charge in [0.2, 0.25) is 0 Å². The van der Waals surface area contributed by atoms with Crippen LogP contribution in [-0.2, 0) is 9.84 Å². The van der Waals surface area contributed by atoms with E-state index in [4.69, 9.17) is 0 Å². The summed E-state index contributed by atoms with van der Waals surface area (Å²) >= 11 is 1.61. The summed E-state index contributed by atoms with van der Waals surface area (Å²) in [6.45, 7) is 0.791. The van der Waals surface area contributed by atoms with Gasteiger partial charge in [0.05, 0.1) is 11.5 Å². The van der Waals surface area contributed by atoms with Gasteiger partial charge in [-0.05, 0) is 35.4 Å². The molecule has 1 atom stereocenters. The summed E-state index contributed by atoms with van der Waals surface area (Å²) in [4.78, 5) is 0. The zero-order valence-corrected chi connectivity index (χ0v) is 9.40. The van der Waals surface area contributed by atoms with Crippen LogP contribution < -0.4 is 5.32 Å². The molecule has 1 N–H and O–H groups in total. The van der Waals surface area contributed by atoms with Gasteiger partial charge in [0.25, 0.3) is 0 Å². The van der Waals surface area contributed by atoms with Crippen LogP contribution in [0.2, 0.25) is 0 Å². The van der Waals surface area contributed by atoms with Crippen LogP contribution in [0, 0.1) is 0 Å². The summed E-state index contributed by atoms with van der Waals surface area (Å²) in [6, 6.07) is 1.98. The Hall–Kier alpha value is -0.390. The van der Waals surface area contributed by atoms with Crippen molar-refractivity contribution in [2.45, 2.75) is 12.5 Å². The molecule has 2 heterocycles. The largest absolute Gasteiger partial charge is 0.309 e. The first-order valence-electron chi connectivity index (χ1n) is 4.63. The first-order chi connectivity index (χ1) is 6.67. The molecule has 1 aromatic heterocycles. The maximum atomic E-state index is 11.5. The van der Waals surface area contributed by atoms with Gasteiger partial charge in [-0.3, -0.25) is 0 Å². The highest BCUT2D eigenvalue weighted by molar-refractivity contribution is 7.91. The fourth-order valence-electron chi connectivity index (χ4n) is 1.65. The van der Waals surface area contributed by atoms with Crippen molar-refractivity contribution in [1.29, 1.82) is 0 Å². The zero-order valence-electron chi connectivity index (χ0n) is 7.77. The molecule has 1 aliphatic heterocycles. The van der Waals surface area contributed by atoms with Gasteiger partial charge in [0, 0.05) is 6.04 Å². The Morgan fingerprint density at radius 1 is 1.50 bits per heavy atom. The summed E-state index contributed by atoms with van der Waals surface area (Å²) in [7, 11) is -2.85. The van der Waals surface area contributed by atoms with E-state index in [2.05, 4.69) is 5.32 Å². The summed E-state index contributed by atoms with van der Waals surface area (Å²) in [5.41, 5.74) is 1.10. The Morgan fingerprint density at radius 2 is 2.36 bits per heavy atom. The lowest BCUT2D eigenvalue weighted by Crippen LogP contribution is -2.24. The number of hydrogen-bond acceptors (Lipinski definition) is 4. The third-order valence-electron chi connectivity index (χ3n) is 2.39. The Balaban J connectivity index is 2.20. The number of nitrogens with one attached hydrogen (secondary N) is 1. The fourth-order valence-corrected chi connectivity index (χ4v) is 3.94. The predicted molar refractivity (Wildman–Crippen MR) is 58.3 cm³/mol. The van der Waals surface area contributed by atoms with Crippen molar-refractivity contribution in [2.75, 3.05) is 18.1 Å². The average molecular weight is 231 g/mol. The highest BCUT2D eigenvalue weighted by atomic mass is 32.2. The van der Waals surface area contributed by atoms with Crippen molar-refractivity contribution in [3.63, 3.8) is 0 Å². The average Bonchev–Trinajstić information content (AvgIpc) is 2.57. The molecule has 0 spiro atoms. The molecule has 5 heteroatoms. The molecule has 78 valence electrons. The summed E-state index contributed by atoms with van der Waals surface area (Å²) in [5.74, 6) is 0.560. The van der Waals surface area contributed by atoms with Crippen LogP contribution >= 0.6 is 11.3 Å². The molecule has 0 aromatic carbocycles. The standard InChI is InChI=1S/C9H13NO2S2/c11-14(12)5-1-3-10-9(7-14)8-2-4-13-6-8/h2,4,6,9-10H,1,3,5,7H2. The van der Waals surface area contributed by atoms with Crippen LogP contribution in [-0.4, -0.2) is 26.5 Å². The number of sulfone groups is 1. The van der Waals surface area contributed by atoms with Gasteiger partial charge in [-0.1, -0.05) is 0 Å². The van der Waals surface area contributed by atoms with Crippen molar-refractivity contribution in [2.24, 2.45) is 0 Å². The molecule has 3 nitrogen and oxygen atoms in total. The SMILES string of the molecule is O=S1(=O)CCCNC(c2ccsc2)C1. The van der Waals surface area contributed by atoms with E-state index >= 15 is 0 Å². The van der Waals surface area contributed by atoms with Crippen molar-refractivity contribution >= 4 is 21.2 Å². The normalized spacial score (nSPS) is 27.0. The van der Waals surface area contributed by atoms with Crippen molar-refractivity contribution in [3.8, 4) is 0 Å². The Labute approximate surface area is 88.1 Å². The molecule has 0 aliphatic carbocycles. The second-order valence-electron chi connectivity index (χ2n) is 3.53. The van der Waals surface area contributed by atoms with E-state index in [1.165, 1.54) is 0 Å². The van der Waals surface area contributed by atoms with Crippen LogP contribution in [0.5, 0.6) is 0 Å². The smallest absolute Gasteiger partial charge is 0.152 e. The topological polar surface area (TPSA) is 46.2 Å². The highest BCUT2D eigenvalue weighted by Gasteiger charge is 2.23. The molecular formula is C9H13NO2S2. The molecule has 0 saturated carbocycles. The third-order valence-corrected chi connectivity index (χ3v) is 4.84. The lowest BCUT2D eigenvalue weighted by atomic mass is 10.2. The monoisotopic (exact) mass is 231 g/mol. The van der Waals surface area contributed by atoms with Gasteiger partial charge < -0.3 is 5.32 Å². The van der Waals surface area contributed by atoms with E-state index in [9.17, 15) is 8.42 Å². The maximum absolute atomic E-state index is 11.5.